The van der Waals surface area contributed by atoms with Gasteiger partial charge in [0, 0.05) is 12.2 Å². The number of nitrogens with two attached hydrogens (primary N) is 1. The van der Waals surface area contributed by atoms with Gasteiger partial charge in [0.1, 0.15) is 30.9 Å². The van der Waals surface area contributed by atoms with Crippen LogP contribution in [0.1, 0.15) is 12.8 Å². The van der Waals surface area contributed by atoms with E-state index in [2.05, 4.69) is 21.9 Å². The summed E-state index contributed by atoms with van der Waals surface area (Å²) in [6.45, 7) is -0.979. The van der Waals surface area contributed by atoms with E-state index in [0.717, 1.165) is 0 Å². The molecule has 13 nitrogen and oxygen atoms in total. The molecule has 0 aromatic carbocycles. The normalized spacial score (nSPS) is 13.5. The molecule has 0 aromatic rings. The first-order valence-electron chi connectivity index (χ1n) is 6.71. The lowest BCUT2D eigenvalue weighted by Gasteiger charge is -2.24. The number of phosphoric acid groups is 1. The summed E-state index contributed by atoms with van der Waals surface area (Å²) in [6, 6.07) is -2.62. The average molecular weight is 435 g/mol. The lowest BCUT2D eigenvalue weighted by molar-refractivity contribution is -0.141. The second kappa shape index (κ2) is 11.4. The molecule has 7 N–H and O–H groups in total. The minimum Gasteiger partial charge on any atom is -0.480 e. The summed E-state index contributed by atoms with van der Waals surface area (Å²) in [5.41, 5.74) is 5.24. The molecule has 0 fully saturated rings. The lowest BCUT2D eigenvalue weighted by atomic mass is 10.1. The molecule has 2 unspecified atom stereocenters. The SMILES string of the molecule is NC(CCC(=O)NC(CS)C(=O)N(CC(=O)O)SOP(=O)(O)O)C(=O)O. The van der Waals surface area contributed by atoms with Gasteiger partial charge in [-0.2, -0.15) is 16.6 Å². The predicted octanol–water partition coefficient (Wildman–Crippen LogP) is -1.82. The van der Waals surface area contributed by atoms with Crippen molar-refractivity contribution in [3.05, 3.63) is 0 Å². The summed E-state index contributed by atoms with van der Waals surface area (Å²) in [7, 11) is -5.00. The molecule has 0 heterocycles. The molecule has 0 aliphatic rings. The van der Waals surface area contributed by atoms with Crippen LogP contribution >= 0.6 is 32.7 Å². The predicted molar refractivity (Wildman–Crippen MR) is 90.7 cm³/mol. The van der Waals surface area contributed by atoms with Crippen molar-refractivity contribution in [3.8, 4) is 0 Å². The Bertz CT molecular complexity index is 585. The van der Waals surface area contributed by atoms with Crippen LogP contribution in [0.25, 0.3) is 0 Å². The van der Waals surface area contributed by atoms with Gasteiger partial charge in [-0.05, 0) is 6.42 Å². The third-order valence-electron chi connectivity index (χ3n) is 2.56. The molecule has 2 amide bonds. The van der Waals surface area contributed by atoms with Crippen LogP contribution in [0.5, 0.6) is 0 Å². The molecule has 150 valence electrons. The Morgan fingerprint density at radius 3 is 2.27 bits per heavy atom. The number of rotatable bonds is 12. The number of hydrogen-bond acceptors (Lipinski definition) is 9. The number of carbonyl (C=O) groups is 4. The highest BCUT2D eigenvalue weighted by molar-refractivity contribution is 7.96. The van der Waals surface area contributed by atoms with Crippen LogP contribution in [0.15, 0.2) is 0 Å². The van der Waals surface area contributed by atoms with Crippen molar-refractivity contribution in [1.82, 2.24) is 9.62 Å². The fourth-order valence-corrected chi connectivity index (χ4v) is 2.66. The average Bonchev–Trinajstić information content (AvgIpc) is 2.52. The number of nitrogens with zero attached hydrogens (tertiary/aromatic N) is 1. The van der Waals surface area contributed by atoms with Crippen molar-refractivity contribution in [2.45, 2.75) is 24.9 Å². The van der Waals surface area contributed by atoms with E-state index < -0.39 is 50.2 Å². The monoisotopic (exact) mass is 435 g/mol. The van der Waals surface area contributed by atoms with Crippen molar-refractivity contribution in [2.24, 2.45) is 5.73 Å². The maximum Gasteiger partial charge on any atom is 0.482 e. The minimum absolute atomic E-state index is 0.185. The fourth-order valence-electron chi connectivity index (χ4n) is 1.38. The standard InChI is InChI=1S/C10H18N3O10PS2/c11-5(10(18)19)1-2-7(14)12-6(4-25)9(17)13(3-8(15)16)26-23-24(20,21)22/h5-6,25H,1-4,11H2,(H,12,14)(H,15,16)(H,18,19)(H2,20,21,22). The number of amides is 2. The van der Waals surface area contributed by atoms with Gasteiger partial charge in [-0.15, -0.1) is 0 Å². The Labute approximate surface area is 157 Å². The Hall–Kier alpha value is -1.35. The van der Waals surface area contributed by atoms with Crippen LogP contribution in [0, 0.1) is 0 Å². The third kappa shape index (κ3) is 10.6. The van der Waals surface area contributed by atoms with Crippen LogP contribution in [0.3, 0.4) is 0 Å². The first-order valence-corrected chi connectivity index (χ1v) is 9.57. The van der Waals surface area contributed by atoms with Crippen molar-refractivity contribution < 1.29 is 47.7 Å². The van der Waals surface area contributed by atoms with E-state index in [0.29, 0.717) is 4.31 Å². The highest BCUT2D eigenvalue weighted by Gasteiger charge is 2.30. The zero-order valence-electron chi connectivity index (χ0n) is 13.0. The Morgan fingerprint density at radius 2 is 1.85 bits per heavy atom. The van der Waals surface area contributed by atoms with Crippen LogP contribution in [0.2, 0.25) is 0 Å². The summed E-state index contributed by atoms with van der Waals surface area (Å²) in [5, 5.41) is 19.6. The van der Waals surface area contributed by atoms with Gasteiger partial charge in [0.15, 0.2) is 0 Å². The number of carboxylic acids is 2. The summed E-state index contributed by atoms with van der Waals surface area (Å²) in [5.74, 6) is -4.88. The minimum atomic E-state index is -5.00. The third-order valence-corrected chi connectivity index (χ3v) is 4.46. The van der Waals surface area contributed by atoms with Crippen LogP contribution in [-0.2, 0) is 27.7 Å². The van der Waals surface area contributed by atoms with Gasteiger partial charge < -0.3 is 31.1 Å². The number of carbonyl (C=O) groups excluding carboxylic acids is 2. The quantitative estimate of drug-likeness (QED) is 0.0780. The summed E-state index contributed by atoms with van der Waals surface area (Å²) in [4.78, 5) is 62.6. The molecular weight excluding hydrogens is 417 g/mol. The van der Waals surface area contributed by atoms with E-state index in [1.807, 2.05) is 0 Å². The van der Waals surface area contributed by atoms with Gasteiger partial charge in [-0.3, -0.25) is 19.2 Å². The maximum atomic E-state index is 12.2. The highest BCUT2D eigenvalue weighted by atomic mass is 32.2. The smallest absolute Gasteiger partial charge is 0.480 e. The molecule has 2 atom stereocenters. The van der Waals surface area contributed by atoms with Crippen molar-refractivity contribution >= 4 is 56.4 Å². The zero-order valence-corrected chi connectivity index (χ0v) is 15.7. The topological polar surface area (TPSA) is 217 Å². The van der Waals surface area contributed by atoms with Crippen LogP contribution in [-0.4, -0.2) is 72.4 Å². The Balaban J connectivity index is 4.90. The van der Waals surface area contributed by atoms with E-state index >= 15 is 0 Å². The molecule has 0 aliphatic heterocycles. The van der Waals surface area contributed by atoms with Crippen LogP contribution in [0.4, 0.5) is 0 Å². The summed E-state index contributed by atoms with van der Waals surface area (Å²) in [6.07, 6.45) is -0.528. The summed E-state index contributed by atoms with van der Waals surface area (Å²) >= 11 is 3.66. The molecule has 0 radical (unpaired) electrons. The Morgan fingerprint density at radius 1 is 1.27 bits per heavy atom. The number of hydrogen-bond donors (Lipinski definition) is 7. The highest BCUT2D eigenvalue weighted by Crippen LogP contribution is 2.42. The van der Waals surface area contributed by atoms with E-state index in [1.54, 1.807) is 0 Å². The molecule has 0 saturated carbocycles. The summed E-state index contributed by atoms with van der Waals surface area (Å²) < 4.78 is 15.1. The molecule has 0 saturated heterocycles. The van der Waals surface area contributed by atoms with Crippen LogP contribution < -0.4 is 11.1 Å². The van der Waals surface area contributed by atoms with Gasteiger partial charge in [0.25, 0.3) is 5.91 Å². The van der Waals surface area contributed by atoms with E-state index in [1.165, 1.54) is 0 Å². The number of carboxylic acid groups (broad SMARTS) is 2. The zero-order chi connectivity index (χ0) is 20.5. The van der Waals surface area contributed by atoms with E-state index in [9.17, 15) is 23.7 Å². The maximum absolute atomic E-state index is 12.2. The first kappa shape index (κ1) is 24.7. The van der Waals surface area contributed by atoms with Gasteiger partial charge in [0.2, 0.25) is 5.91 Å². The van der Waals surface area contributed by atoms with Crippen molar-refractivity contribution in [2.75, 3.05) is 12.3 Å². The number of nitrogens with one attached hydrogen (secondary N) is 1. The molecule has 16 heteroatoms. The lowest BCUT2D eigenvalue weighted by Crippen LogP contribution is -2.49. The van der Waals surface area contributed by atoms with Gasteiger partial charge in [-0.25, -0.2) is 8.87 Å². The van der Waals surface area contributed by atoms with E-state index in [-0.39, 0.29) is 30.8 Å². The Kier molecular flexibility index (Phi) is 10.8. The largest absolute Gasteiger partial charge is 0.482 e. The molecule has 0 bridgehead atoms. The van der Waals surface area contributed by atoms with Gasteiger partial charge in [-0.1, -0.05) is 0 Å². The molecule has 0 spiro atoms. The molecule has 0 aromatic heterocycles. The molecule has 0 aliphatic carbocycles. The number of aliphatic carboxylic acids is 2. The first-order chi connectivity index (χ1) is 11.9. The number of thiol groups is 1. The molecule has 26 heavy (non-hydrogen) atoms. The second-order valence-corrected chi connectivity index (χ2v) is 7.23. The fraction of sp³-hybridized carbons (Fsp3) is 0.600. The molecule has 0 rings (SSSR count). The molecular formula is C10H18N3O10PS2. The van der Waals surface area contributed by atoms with Gasteiger partial charge >= 0.3 is 19.8 Å². The van der Waals surface area contributed by atoms with Crippen molar-refractivity contribution in [3.63, 3.8) is 0 Å². The van der Waals surface area contributed by atoms with Gasteiger partial charge in [0.05, 0.1) is 0 Å². The van der Waals surface area contributed by atoms with Crippen molar-refractivity contribution in [1.29, 1.82) is 0 Å². The van der Waals surface area contributed by atoms with E-state index in [4.69, 9.17) is 25.7 Å². The second-order valence-electron chi connectivity index (χ2n) is 4.69.